The number of phenols is 1. The first kappa shape index (κ1) is 27.6. The van der Waals surface area contributed by atoms with Gasteiger partial charge in [-0.2, -0.15) is 0 Å². The number of hydrogen-bond donors (Lipinski definition) is 1. The summed E-state index contributed by atoms with van der Waals surface area (Å²) in [7, 11) is 0. The van der Waals surface area contributed by atoms with Crippen LogP contribution < -0.4 is 4.74 Å². The van der Waals surface area contributed by atoms with Crippen LogP contribution in [0.1, 0.15) is 28.4 Å². The number of fused-ring (bicyclic) bond motifs is 9. The fraction of sp³-hybridized carbons (Fsp3) is 0.105. The van der Waals surface area contributed by atoms with E-state index >= 15 is 0 Å². The van der Waals surface area contributed by atoms with E-state index < -0.39 is 0 Å². The number of para-hydroxylation sites is 1. The van der Waals surface area contributed by atoms with Crippen molar-refractivity contribution in [3.8, 4) is 28.5 Å². The van der Waals surface area contributed by atoms with E-state index in [1.54, 1.807) is 12.1 Å². The first-order valence-electron chi connectivity index (χ1n) is 14.7. The van der Waals surface area contributed by atoms with Crippen molar-refractivity contribution in [1.29, 1.82) is 0 Å². The van der Waals surface area contributed by atoms with Crippen LogP contribution in [0, 0.1) is 13.0 Å². The summed E-state index contributed by atoms with van der Waals surface area (Å²) < 4.78 is 19.4. The molecule has 1 aliphatic carbocycles. The van der Waals surface area contributed by atoms with Crippen LogP contribution in [-0.4, -0.2) is 22.0 Å². The smallest absolute Gasteiger partial charge is 0.217 e. The van der Waals surface area contributed by atoms with Gasteiger partial charge in [-0.05, 0) is 65.3 Å². The van der Waals surface area contributed by atoms with Gasteiger partial charge in [0, 0.05) is 38.1 Å². The van der Waals surface area contributed by atoms with Gasteiger partial charge in [-0.3, -0.25) is 4.99 Å². The predicted octanol–water partition coefficient (Wildman–Crippen LogP) is 8.85. The van der Waals surface area contributed by atoms with Crippen molar-refractivity contribution < 1.29 is 40.1 Å². The molecule has 45 heavy (non-hydrogen) atoms. The van der Waals surface area contributed by atoms with Crippen molar-refractivity contribution in [3.63, 3.8) is 0 Å². The molecule has 3 heterocycles. The van der Waals surface area contributed by atoms with E-state index in [0.717, 1.165) is 39.3 Å². The number of aromatic hydroxyl groups is 1. The maximum atomic E-state index is 10.5. The second-order valence-electron chi connectivity index (χ2n) is 11.4. The first-order chi connectivity index (χ1) is 21.6. The molecule has 0 saturated heterocycles. The van der Waals surface area contributed by atoms with Gasteiger partial charge in [-0.1, -0.05) is 89.8 Å². The number of pyridine rings is 1. The van der Waals surface area contributed by atoms with Gasteiger partial charge in [-0.15, -0.1) is 0 Å². The number of ether oxygens (including phenoxy) is 2. The van der Waals surface area contributed by atoms with Gasteiger partial charge < -0.3 is 19.0 Å². The minimum absolute atomic E-state index is 0. The molecule has 2 atom stereocenters. The Balaban J connectivity index is 0.00000300. The Kier molecular flexibility index (Phi) is 6.51. The number of aryl methyl sites for hydroxylation is 1. The quantitative estimate of drug-likeness (QED) is 0.182. The molecule has 6 nitrogen and oxygen atoms in total. The summed E-state index contributed by atoms with van der Waals surface area (Å²) in [6.45, 7) is 1.94. The number of rotatable bonds is 3. The summed E-state index contributed by atoms with van der Waals surface area (Å²) in [5, 5.41) is 13.2. The van der Waals surface area contributed by atoms with E-state index in [-0.39, 0.29) is 39.0 Å². The van der Waals surface area contributed by atoms with Crippen molar-refractivity contribution in [2.75, 3.05) is 0 Å². The van der Waals surface area contributed by atoms with Crippen LogP contribution in [0.15, 0.2) is 113 Å². The third kappa shape index (κ3) is 4.51. The van der Waals surface area contributed by atoms with E-state index in [0.29, 0.717) is 34.2 Å². The van der Waals surface area contributed by atoms with Gasteiger partial charge in [0.15, 0.2) is 0 Å². The van der Waals surface area contributed by atoms with E-state index in [1.165, 1.54) is 16.7 Å². The molecule has 0 bridgehead atoms. The topological polar surface area (TPSA) is 77.1 Å². The van der Waals surface area contributed by atoms with Crippen LogP contribution in [0.2, 0.25) is 0 Å². The van der Waals surface area contributed by atoms with Gasteiger partial charge in [0.05, 0.1) is 17.4 Å². The van der Waals surface area contributed by atoms with Crippen molar-refractivity contribution in [2.45, 2.75) is 25.5 Å². The Morgan fingerprint density at radius 3 is 2.58 bits per heavy atom. The number of aliphatic imine (C=N–C) groups is 1. The normalized spacial score (nSPS) is 16.7. The molecule has 0 saturated carbocycles. The van der Waals surface area contributed by atoms with Crippen molar-refractivity contribution in [3.05, 3.63) is 131 Å². The Labute approximate surface area is 273 Å². The number of nitrogens with zero attached hydrogens (tertiary/aromatic N) is 2. The Bertz CT molecular complexity index is 2330. The molecular weight excluding hydrogens is 744 g/mol. The number of furan rings is 1. The number of hydrogen-bond acceptors (Lipinski definition) is 6. The van der Waals surface area contributed by atoms with Gasteiger partial charge >= 0.3 is 0 Å². The summed E-state index contributed by atoms with van der Waals surface area (Å²) in [6.07, 6.45) is 0.516. The molecule has 0 radical (unpaired) electrons. The fourth-order valence-electron chi connectivity index (χ4n) is 6.67. The zero-order valence-corrected chi connectivity index (χ0v) is 26.3. The molecule has 0 amide bonds. The van der Waals surface area contributed by atoms with E-state index in [2.05, 4.69) is 59.6 Å². The maximum Gasteiger partial charge on any atom is 0.217 e. The first-order valence-corrected chi connectivity index (χ1v) is 14.7. The number of aromatic nitrogens is 1. The average Bonchev–Trinajstić information content (AvgIpc) is 3.59. The number of phenolic OH excluding ortho intramolecular Hbond substituents is 1. The molecule has 1 N–H and O–H groups in total. The monoisotopic (exact) mass is 768 g/mol. The van der Waals surface area contributed by atoms with Crippen LogP contribution in [0.4, 0.5) is 0 Å². The van der Waals surface area contributed by atoms with Crippen LogP contribution in [0.3, 0.4) is 0 Å². The molecular formula is C38H25N2O4Pt-. The van der Waals surface area contributed by atoms with Crippen LogP contribution in [-0.2, 0) is 32.2 Å². The fourth-order valence-corrected chi connectivity index (χ4v) is 6.67. The minimum Gasteiger partial charge on any atom is -0.510 e. The molecule has 0 spiro atoms. The van der Waals surface area contributed by atoms with E-state index in [4.69, 9.17) is 18.9 Å². The zero-order valence-electron chi connectivity index (χ0n) is 24.1. The zero-order chi connectivity index (χ0) is 29.4. The third-order valence-electron chi connectivity index (χ3n) is 8.58. The molecule has 1 aliphatic heterocycles. The molecule has 2 aliphatic rings. The summed E-state index contributed by atoms with van der Waals surface area (Å²) in [6, 6.07) is 37.4. The summed E-state index contributed by atoms with van der Waals surface area (Å²) in [5.41, 5.74) is 8.28. The third-order valence-corrected chi connectivity index (χ3v) is 8.58. The average molecular weight is 769 g/mol. The molecule has 0 unspecified atom stereocenters. The van der Waals surface area contributed by atoms with Gasteiger partial charge in [0.1, 0.15) is 28.9 Å². The molecule has 9 rings (SSSR count). The Morgan fingerprint density at radius 1 is 0.867 bits per heavy atom. The molecule has 5 aromatic carbocycles. The molecule has 2 aromatic heterocycles. The second-order valence-corrected chi connectivity index (χ2v) is 11.4. The minimum atomic E-state index is -0.242. The molecule has 7 heteroatoms. The van der Waals surface area contributed by atoms with Crippen LogP contribution in [0.25, 0.3) is 44.0 Å². The molecule has 222 valence electrons. The summed E-state index contributed by atoms with van der Waals surface area (Å²) in [4.78, 5) is 9.79. The van der Waals surface area contributed by atoms with Crippen LogP contribution >= 0.6 is 0 Å². The van der Waals surface area contributed by atoms with Gasteiger partial charge in [-0.25, -0.2) is 4.98 Å². The van der Waals surface area contributed by atoms with Crippen molar-refractivity contribution in [2.24, 2.45) is 4.99 Å². The van der Waals surface area contributed by atoms with Crippen molar-refractivity contribution in [1.82, 2.24) is 4.98 Å². The van der Waals surface area contributed by atoms with E-state index in [9.17, 15) is 5.11 Å². The molecule has 0 fully saturated rings. The van der Waals surface area contributed by atoms with Gasteiger partial charge in [0.25, 0.3) is 0 Å². The van der Waals surface area contributed by atoms with Gasteiger partial charge in [0.2, 0.25) is 5.88 Å². The van der Waals surface area contributed by atoms with Crippen LogP contribution in [0.5, 0.6) is 17.4 Å². The Hall–Kier alpha value is -4.93. The van der Waals surface area contributed by atoms with Crippen molar-refractivity contribution >= 4 is 38.7 Å². The Morgan fingerprint density at radius 2 is 1.67 bits per heavy atom. The predicted molar refractivity (Wildman–Crippen MR) is 171 cm³/mol. The maximum absolute atomic E-state index is 10.5. The number of benzene rings is 5. The largest absolute Gasteiger partial charge is 0.510 e. The summed E-state index contributed by atoms with van der Waals surface area (Å²) in [5.74, 6) is 1.36. The second kappa shape index (κ2) is 10.6. The summed E-state index contributed by atoms with van der Waals surface area (Å²) >= 11 is 0. The molecule has 7 aromatic rings. The SMILES string of the molecule is Cc1cc(O)c2nc(Oc3[c-]c(C4=N[C@H]5Cc6ccccc6-c6ccccc6[C@@H]5O4)c4c(c3)oc3ccccc34)ccc2c1.[Pt]. The van der Waals surface area contributed by atoms with E-state index in [1.807, 2.05) is 49.4 Å². The standard InChI is InChI=1S/C38H25N2O4.Pt/c1-21-16-23-14-15-34(40-36(23)31(41)17-21)42-24-19-29(35-28-12-6-7-13-32(28)43-33(35)20-24)38-39-30-18-22-8-2-3-9-25(22)26-10-4-5-11-27(26)37(30)44-38;/h2-17,20,30,37,41H,18H2,1H3;/q-1;/t30-,37-;/m0./s1.